The molecule has 0 aromatic carbocycles. The molecular weight excluding hydrogens is 218 g/mol. The third kappa shape index (κ3) is 6.26. The summed E-state index contributed by atoms with van der Waals surface area (Å²) in [6.45, 7) is 10.0. The van der Waals surface area contributed by atoms with Gasteiger partial charge in [0.05, 0.1) is 6.04 Å². The van der Waals surface area contributed by atoms with E-state index in [2.05, 4.69) is 10.6 Å². The zero-order valence-corrected chi connectivity index (χ0v) is 11.4. The van der Waals surface area contributed by atoms with Crippen LogP contribution < -0.4 is 16.4 Å². The maximum absolute atomic E-state index is 11.6. The van der Waals surface area contributed by atoms with Gasteiger partial charge in [-0.2, -0.15) is 0 Å². The van der Waals surface area contributed by atoms with E-state index in [0.29, 0.717) is 12.5 Å². The summed E-state index contributed by atoms with van der Waals surface area (Å²) in [6, 6.07) is -1.12. The molecule has 0 aliphatic carbocycles. The molecule has 0 saturated carbocycles. The van der Waals surface area contributed by atoms with Gasteiger partial charge >= 0.3 is 0 Å². The van der Waals surface area contributed by atoms with E-state index in [-0.39, 0.29) is 17.7 Å². The molecule has 0 fully saturated rings. The Balaban J connectivity index is 4.11. The molecule has 0 spiro atoms. The van der Waals surface area contributed by atoms with Crippen molar-refractivity contribution in [2.75, 3.05) is 6.54 Å². The smallest absolute Gasteiger partial charge is 0.242 e. The lowest BCUT2D eigenvalue weighted by Gasteiger charge is -2.19. The van der Waals surface area contributed by atoms with Gasteiger partial charge in [0.15, 0.2) is 0 Å². The fourth-order valence-corrected chi connectivity index (χ4v) is 1.14. The van der Waals surface area contributed by atoms with Crippen LogP contribution in [0.15, 0.2) is 0 Å². The predicted molar refractivity (Wildman–Crippen MR) is 68.3 cm³/mol. The molecule has 0 saturated heterocycles. The third-order valence-corrected chi connectivity index (χ3v) is 2.46. The van der Waals surface area contributed by atoms with E-state index in [1.54, 1.807) is 6.92 Å². The summed E-state index contributed by atoms with van der Waals surface area (Å²) in [4.78, 5) is 23.2. The van der Waals surface area contributed by atoms with Crippen LogP contribution in [-0.2, 0) is 9.59 Å². The molecule has 0 aromatic rings. The number of hydrogen-bond acceptors (Lipinski definition) is 3. The van der Waals surface area contributed by atoms with Gasteiger partial charge in [0, 0.05) is 6.54 Å². The van der Waals surface area contributed by atoms with E-state index in [9.17, 15) is 9.59 Å². The van der Waals surface area contributed by atoms with Gasteiger partial charge in [-0.3, -0.25) is 9.59 Å². The van der Waals surface area contributed by atoms with Gasteiger partial charge in [-0.05, 0) is 18.8 Å². The van der Waals surface area contributed by atoms with E-state index >= 15 is 0 Å². The van der Waals surface area contributed by atoms with E-state index in [1.165, 1.54) is 0 Å². The van der Waals surface area contributed by atoms with Gasteiger partial charge in [-0.1, -0.05) is 27.7 Å². The number of carbonyl (C=O) groups excluding carboxylic acids is 2. The number of nitrogens with two attached hydrogens (primary N) is 1. The van der Waals surface area contributed by atoms with Gasteiger partial charge in [0.2, 0.25) is 11.8 Å². The lowest BCUT2D eigenvalue weighted by molar-refractivity contribution is -0.129. The van der Waals surface area contributed by atoms with Gasteiger partial charge in [0.25, 0.3) is 0 Å². The van der Waals surface area contributed by atoms with Crippen molar-refractivity contribution in [3.63, 3.8) is 0 Å². The molecule has 0 aromatic heterocycles. The zero-order valence-electron chi connectivity index (χ0n) is 11.4. The first-order valence-electron chi connectivity index (χ1n) is 6.09. The molecule has 2 atom stereocenters. The first kappa shape index (κ1) is 15.9. The Kier molecular flexibility index (Phi) is 6.80. The van der Waals surface area contributed by atoms with Gasteiger partial charge in [0.1, 0.15) is 6.04 Å². The first-order valence-corrected chi connectivity index (χ1v) is 6.09. The quantitative estimate of drug-likeness (QED) is 0.625. The molecular formula is C12H25N3O2. The summed E-state index contributed by atoms with van der Waals surface area (Å²) in [5.41, 5.74) is 5.69. The average molecular weight is 243 g/mol. The highest BCUT2D eigenvalue weighted by Gasteiger charge is 2.21. The van der Waals surface area contributed by atoms with Crippen LogP contribution in [0, 0.1) is 11.8 Å². The molecule has 0 radical (unpaired) electrons. The number of hydrogen-bond donors (Lipinski definition) is 3. The number of amides is 2. The summed E-state index contributed by atoms with van der Waals surface area (Å²) in [5, 5.41) is 5.37. The summed E-state index contributed by atoms with van der Waals surface area (Å²) < 4.78 is 0. The fourth-order valence-electron chi connectivity index (χ4n) is 1.14. The largest absolute Gasteiger partial charge is 0.354 e. The van der Waals surface area contributed by atoms with Crippen molar-refractivity contribution in [1.82, 2.24) is 10.6 Å². The van der Waals surface area contributed by atoms with Crippen molar-refractivity contribution < 1.29 is 9.59 Å². The van der Waals surface area contributed by atoms with Crippen molar-refractivity contribution in [3.05, 3.63) is 0 Å². The monoisotopic (exact) mass is 243 g/mol. The maximum Gasteiger partial charge on any atom is 0.242 e. The van der Waals surface area contributed by atoms with Crippen LogP contribution >= 0.6 is 0 Å². The standard InChI is InChI=1S/C12H25N3O2/c1-7(2)6-14-11(16)9(5)15-12(17)10(13)8(3)4/h7-10H,6,13H2,1-5H3,(H,14,16)(H,15,17)/t9?,10-/m0/s1. The van der Waals surface area contributed by atoms with E-state index in [0.717, 1.165) is 0 Å². The number of rotatable bonds is 6. The number of carbonyl (C=O) groups is 2. The molecule has 17 heavy (non-hydrogen) atoms. The molecule has 0 heterocycles. The minimum Gasteiger partial charge on any atom is -0.354 e. The Morgan fingerprint density at radius 2 is 1.59 bits per heavy atom. The SMILES string of the molecule is CC(C)CNC(=O)C(C)NC(=O)[C@@H](N)C(C)C. The van der Waals surface area contributed by atoms with Crippen LogP contribution in [0.3, 0.4) is 0 Å². The van der Waals surface area contributed by atoms with Gasteiger partial charge in [-0.15, -0.1) is 0 Å². The van der Waals surface area contributed by atoms with E-state index in [1.807, 2.05) is 27.7 Å². The van der Waals surface area contributed by atoms with E-state index in [4.69, 9.17) is 5.73 Å². The average Bonchev–Trinajstić information content (AvgIpc) is 2.24. The highest BCUT2D eigenvalue weighted by Crippen LogP contribution is 1.98. The topological polar surface area (TPSA) is 84.2 Å². The molecule has 4 N–H and O–H groups in total. The summed E-state index contributed by atoms with van der Waals surface area (Å²) in [5.74, 6) is -0.0177. The Morgan fingerprint density at radius 1 is 1.06 bits per heavy atom. The minimum absolute atomic E-state index is 0.0564. The van der Waals surface area contributed by atoms with E-state index < -0.39 is 12.1 Å². The molecule has 0 bridgehead atoms. The molecule has 0 aliphatic heterocycles. The van der Waals surface area contributed by atoms with Crippen molar-refractivity contribution in [2.45, 2.75) is 46.7 Å². The zero-order chi connectivity index (χ0) is 13.6. The second kappa shape index (κ2) is 7.27. The van der Waals surface area contributed by atoms with Crippen molar-refractivity contribution in [3.8, 4) is 0 Å². The van der Waals surface area contributed by atoms with Crippen LogP contribution in [0.1, 0.15) is 34.6 Å². The second-order valence-corrected chi connectivity index (χ2v) is 5.14. The minimum atomic E-state index is -0.574. The van der Waals surface area contributed by atoms with Crippen LogP contribution in [0.4, 0.5) is 0 Å². The Morgan fingerprint density at radius 3 is 2.00 bits per heavy atom. The van der Waals surface area contributed by atoms with Crippen LogP contribution in [0.2, 0.25) is 0 Å². The van der Waals surface area contributed by atoms with Crippen LogP contribution in [-0.4, -0.2) is 30.4 Å². The second-order valence-electron chi connectivity index (χ2n) is 5.14. The maximum atomic E-state index is 11.6. The lowest BCUT2D eigenvalue weighted by atomic mass is 10.0. The van der Waals surface area contributed by atoms with Crippen LogP contribution in [0.5, 0.6) is 0 Å². The normalized spacial score (nSPS) is 14.6. The molecule has 1 unspecified atom stereocenters. The van der Waals surface area contributed by atoms with Gasteiger partial charge in [-0.25, -0.2) is 0 Å². The Bertz CT molecular complexity index is 264. The molecule has 100 valence electrons. The van der Waals surface area contributed by atoms with Crippen LogP contribution in [0.25, 0.3) is 0 Å². The Hall–Kier alpha value is -1.10. The third-order valence-electron chi connectivity index (χ3n) is 2.46. The Labute approximate surface area is 104 Å². The van der Waals surface area contributed by atoms with Crippen molar-refractivity contribution in [2.24, 2.45) is 17.6 Å². The highest BCUT2D eigenvalue weighted by molar-refractivity contribution is 5.89. The van der Waals surface area contributed by atoms with Crippen molar-refractivity contribution in [1.29, 1.82) is 0 Å². The highest BCUT2D eigenvalue weighted by atomic mass is 16.2. The molecule has 0 rings (SSSR count). The predicted octanol–water partition coefficient (Wildman–Crippen LogP) is 0.247. The van der Waals surface area contributed by atoms with Crippen molar-refractivity contribution >= 4 is 11.8 Å². The molecule has 2 amide bonds. The van der Waals surface area contributed by atoms with Gasteiger partial charge < -0.3 is 16.4 Å². The summed E-state index contributed by atoms with van der Waals surface area (Å²) in [7, 11) is 0. The fraction of sp³-hybridized carbons (Fsp3) is 0.833. The summed E-state index contributed by atoms with van der Waals surface area (Å²) in [6.07, 6.45) is 0. The molecule has 5 heteroatoms. The number of nitrogens with one attached hydrogen (secondary N) is 2. The lowest BCUT2D eigenvalue weighted by Crippen LogP contribution is -2.52. The summed E-state index contributed by atoms with van der Waals surface area (Å²) >= 11 is 0. The molecule has 5 nitrogen and oxygen atoms in total. The first-order chi connectivity index (χ1) is 7.75. The molecule has 0 aliphatic rings.